The summed E-state index contributed by atoms with van der Waals surface area (Å²) in [6, 6.07) is 8.11. The zero-order chi connectivity index (χ0) is 18.2. The monoisotopic (exact) mass is 344 g/mol. The van der Waals surface area contributed by atoms with Crippen LogP contribution in [0.25, 0.3) is 0 Å². The Bertz CT molecular complexity index is 693. The first kappa shape index (κ1) is 18.5. The molecule has 1 aromatic heterocycles. The quantitative estimate of drug-likeness (QED) is 0.673. The van der Waals surface area contributed by atoms with Crippen molar-refractivity contribution in [1.29, 1.82) is 0 Å². The van der Waals surface area contributed by atoms with Gasteiger partial charge in [0.2, 0.25) is 5.91 Å². The van der Waals surface area contributed by atoms with E-state index < -0.39 is 6.04 Å². The zero-order valence-corrected chi connectivity index (χ0v) is 14.8. The maximum atomic E-state index is 12.0. The predicted molar refractivity (Wildman–Crippen MR) is 95.4 cm³/mol. The number of aryl methyl sites for hydroxylation is 2. The van der Waals surface area contributed by atoms with E-state index in [0.717, 1.165) is 29.9 Å². The molecular formula is C18H24N4O3. The minimum atomic E-state index is -0.636. The number of carbonyl (C=O) groups excluding carboxylic acids is 2. The van der Waals surface area contributed by atoms with Crippen LogP contribution in [0.3, 0.4) is 0 Å². The van der Waals surface area contributed by atoms with Crippen LogP contribution >= 0.6 is 0 Å². The number of nitrogens with one attached hydrogen (secondary N) is 3. The smallest absolute Gasteiger partial charge is 0.315 e. The molecule has 0 aliphatic carbocycles. The fourth-order valence-electron chi connectivity index (χ4n) is 2.41. The van der Waals surface area contributed by atoms with Gasteiger partial charge in [0.1, 0.15) is 11.8 Å². The topological polar surface area (TPSA) is 96.3 Å². The van der Waals surface area contributed by atoms with Crippen molar-refractivity contribution in [3.8, 4) is 0 Å². The summed E-state index contributed by atoms with van der Waals surface area (Å²) >= 11 is 0. The number of hydrogen-bond acceptors (Lipinski definition) is 4. The molecule has 25 heavy (non-hydrogen) atoms. The normalized spacial score (nSPS) is 11.6. The molecule has 7 nitrogen and oxygen atoms in total. The van der Waals surface area contributed by atoms with Gasteiger partial charge in [0.25, 0.3) is 0 Å². The third-order valence-electron chi connectivity index (χ3n) is 3.85. The van der Waals surface area contributed by atoms with Crippen LogP contribution in [-0.4, -0.2) is 29.7 Å². The van der Waals surface area contributed by atoms with E-state index in [4.69, 9.17) is 4.52 Å². The first-order valence-corrected chi connectivity index (χ1v) is 8.29. The summed E-state index contributed by atoms with van der Waals surface area (Å²) in [6.45, 7) is 5.92. The number of hydrogen-bond donors (Lipinski definition) is 3. The third-order valence-corrected chi connectivity index (χ3v) is 3.85. The summed E-state index contributed by atoms with van der Waals surface area (Å²) in [6.07, 6.45) is 1.55. The molecule has 7 heteroatoms. The van der Waals surface area contributed by atoms with E-state index in [-0.39, 0.29) is 11.9 Å². The van der Waals surface area contributed by atoms with E-state index >= 15 is 0 Å². The summed E-state index contributed by atoms with van der Waals surface area (Å²) in [7, 11) is 0. The molecule has 2 rings (SSSR count). The number of urea groups is 1. The first-order chi connectivity index (χ1) is 12.0. The van der Waals surface area contributed by atoms with Crippen LogP contribution in [-0.2, 0) is 11.2 Å². The largest absolute Gasteiger partial charge is 0.361 e. The molecule has 2 aromatic rings. The lowest BCUT2D eigenvalue weighted by molar-refractivity contribution is -0.117. The fraction of sp³-hybridized carbons (Fsp3) is 0.389. The van der Waals surface area contributed by atoms with Crippen molar-refractivity contribution in [2.24, 2.45) is 0 Å². The number of amides is 3. The van der Waals surface area contributed by atoms with E-state index in [1.807, 2.05) is 32.0 Å². The first-order valence-electron chi connectivity index (χ1n) is 8.29. The fourth-order valence-corrected chi connectivity index (χ4v) is 2.41. The number of rotatable bonds is 7. The second-order valence-electron chi connectivity index (χ2n) is 5.88. The van der Waals surface area contributed by atoms with Gasteiger partial charge in [-0.2, -0.15) is 0 Å². The van der Waals surface area contributed by atoms with Crippen molar-refractivity contribution in [3.63, 3.8) is 0 Å². The molecule has 0 bridgehead atoms. The van der Waals surface area contributed by atoms with Crippen molar-refractivity contribution in [2.45, 2.75) is 39.7 Å². The summed E-state index contributed by atoms with van der Waals surface area (Å²) in [5.74, 6) is 0.547. The van der Waals surface area contributed by atoms with Gasteiger partial charge in [-0.05, 0) is 45.7 Å². The van der Waals surface area contributed by atoms with Crippen LogP contribution in [0.4, 0.5) is 10.5 Å². The summed E-state index contributed by atoms with van der Waals surface area (Å²) in [5.41, 5.74) is 2.66. The van der Waals surface area contributed by atoms with Crippen molar-refractivity contribution in [2.75, 3.05) is 11.9 Å². The second kappa shape index (κ2) is 8.86. The maximum absolute atomic E-state index is 12.0. The highest BCUT2D eigenvalue weighted by molar-refractivity contribution is 5.96. The van der Waals surface area contributed by atoms with Gasteiger partial charge in [0.05, 0.1) is 5.69 Å². The van der Waals surface area contributed by atoms with Crippen LogP contribution in [0, 0.1) is 13.8 Å². The summed E-state index contributed by atoms with van der Waals surface area (Å²) in [5, 5.41) is 12.0. The molecule has 0 radical (unpaired) electrons. The molecular weight excluding hydrogens is 320 g/mol. The molecule has 1 unspecified atom stereocenters. The SMILES string of the molecule is Cc1noc(C)c1CCCNC(=O)NC(C)C(=O)Nc1ccccc1. The van der Waals surface area contributed by atoms with Crippen LogP contribution < -0.4 is 16.0 Å². The molecule has 1 heterocycles. The number of carbonyl (C=O) groups is 2. The van der Waals surface area contributed by atoms with E-state index in [1.165, 1.54) is 0 Å². The van der Waals surface area contributed by atoms with E-state index in [9.17, 15) is 9.59 Å². The van der Waals surface area contributed by atoms with Gasteiger partial charge in [0, 0.05) is 17.8 Å². The van der Waals surface area contributed by atoms with E-state index in [2.05, 4.69) is 21.1 Å². The van der Waals surface area contributed by atoms with Crippen molar-refractivity contribution < 1.29 is 14.1 Å². The van der Waals surface area contributed by atoms with Crippen LogP contribution in [0.2, 0.25) is 0 Å². The number of para-hydroxylation sites is 1. The minimum Gasteiger partial charge on any atom is -0.361 e. The zero-order valence-electron chi connectivity index (χ0n) is 14.8. The number of benzene rings is 1. The van der Waals surface area contributed by atoms with Gasteiger partial charge in [-0.1, -0.05) is 23.4 Å². The van der Waals surface area contributed by atoms with Gasteiger partial charge in [-0.15, -0.1) is 0 Å². The molecule has 1 atom stereocenters. The highest BCUT2D eigenvalue weighted by Gasteiger charge is 2.15. The van der Waals surface area contributed by atoms with Gasteiger partial charge in [-0.25, -0.2) is 4.79 Å². The second-order valence-corrected chi connectivity index (χ2v) is 5.88. The van der Waals surface area contributed by atoms with Crippen LogP contribution in [0.5, 0.6) is 0 Å². The lowest BCUT2D eigenvalue weighted by Crippen LogP contribution is -2.46. The third kappa shape index (κ3) is 5.63. The Hall–Kier alpha value is -2.83. The Balaban J connectivity index is 1.68. The van der Waals surface area contributed by atoms with Crippen LogP contribution in [0.15, 0.2) is 34.9 Å². The molecule has 3 N–H and O–H groups in total. The Morgan fingerprint density at radius 1 is 1.20 bits per heavy atom. The Kier molecular flexibility index (Phi) is 6.56. The molecule has 3 amide bonds. The molecule has 1 aromatic carbocycles. The Morgan fingerprint density at radius 2 is 1.92 bits per heavy atom. The Labute approximate surface area is 147 Å². The molecule has 134 valence electrons. The molecule has 0 spiro atoms. The van der Waals surface area contributed by atoms with Crippen molar-refractivity contribution in [1.82, 2.24) is 15.8 Å². The molecule has 0 fully saturated rings. The summed E-state index contributed by atoms with van der Waals surface area (Å²) in [4.78, 5) is 23.9. The van der Waals surface area contributed by atoms with Crippen molar-refractivity contribution in [3.05, 3.63) is 47.3 Å². The van der Waals surface area contributed by atoms with Gasteiger partial charge in [-0.3, -0.25) is 4.79 Å². The molecule has 0 aliphatic rings. The maximum Gasteiger partial charge on any atom is 0.315 e. The average molecular weight is 344 g/mol. The lowest BCUT2D eigenvalue weighted by Gasteiger charge is -2.14. The molecule has 0 aliphatic heterocycles. The van der Waals surface area contributed by atoms with Crippen molar-refractivity contribution >= 4 is 17.6 Å². The van der Waals surface area contributed by atoms with Gasteiger partial charge in [0.15, 0.2) is 0 Å². The Morgan fingerprint density at radius 3 is 2.56 bits per heavy atom. The number of aromatic nitrogens is 1. The minimum absolute atomic E-state index is 0.267. The van der Waals surface area contributed by atoms with E-state index in [1.54, 1.807) is 19.1 Å². The van der Waals surface area contributed by atoms with Gasteiger partial charge < -0.3 is 20.5 Å². The van der Waals surface area contributed by atoms with Gasteiger partial charge >= 0.3 is 6.03 Å². The van der Waals surface area contributed by atoms with E-state index in [0.29, 0.717) is 12.2 Å². The van der Waals surface area contributed by atoms with Crippen LogP contribution in [0.1, 0.15) is 30.4 Å². The number of nitrogens with zero attached hydrogens (tertiary/aromatic N) is 1. The average Bonchev–Trinajstić information content (AvgIpc) is 2.91. The standard InChI is InChI=1S/C18H24N4O3/c1-12-16(14(3)25-22-12)10-7-11-19-18(24)20-13(2)17(23)21-15-8-5-4-6-9-15/h4-6,8-9,13H,7,10-11H2,1-3H3,(H,21,23)(H2,19,20,24). The summed E-state index contributed by atoms with van der Waals surface area (Å²) < 4.78 is 5.11. The number of anilines is 1. The predicted octanol–water partition coefficient (Wildman–Crippen LogP) is 2.55. The highest BCUT2D eigenvalue weighted by atomic mass is 16.5. The molecule has 0 saturated carbocycles. The molecule has 0 saturated heterocycles. The highest BCUT2D eigenvalue weighted by Crippen LogP contribution is 2.13. The lowest BCUT2D eigenvalue weighted by atomic mass is 10.1.